The average molecular weight is 1380 g/mol. The Morgan fingerprint density at radius 1 is 0.388 bits per heavy atom. The summed E-state index contributed by atoms with van der Waals surface area (Å²) in [5, 5.41) is 85.7. The molecule has 0 aliphatic rings. The number of aromatic amines is 1. The van der Waals surface area contributed by atoms with Crippen LogP contribution in [0.2, 0.25) is 0 Å². The van der Waals surface area contributed by atoms with Crippen LogP contribution in [0.3, 0.4) is 0 Å². The molecule has 1 aromatic heterocycles. The standard InChI is InChI=1S/C61H108N26O11/c1-30(2)43(62)52(93)80-40(21-14-26-76-60(69)70)50(91)85-46(33(7)8)55(96)87-45(32(5)6)54(95)81-38(19-12-24-74-58(65)66)47(88)79-37(18-11-23-73-57(63)64)49(90)84-42(28-34-29-78-36-17-10-9-16-35(34)36)51(92)86-44(31(3)4)53(94)82-39(20-13-25-75-59(67)68)48(89)83-41(56(97)98)22-15-27-77-61(71)72/h9-10,16-17,29-33,37-46,78H,11-15,18-28,62H2,1-8H3,(H,79,88)(H,80,93)(H,81,95)(H,82,94)(H,83,89)(H,84,90)(H,85,91)(H,86,92)(H,87,96)(H,97,98)(H4,63,64,73)(H4,65,66,74)(H4,67,68,75)(H4,69,70,76)(H4,71,72,77)/t37-,38-,39-,40-,41-,42-,43-,44-,45-,46-/m0/s1. The van der Waals surface area contributed by atoms with Crippen LogP contribution >= 0.6 is 0 Å². The molecule has 0 fully saturated rings. The summed E-state index contributed by atoms with van der Waals surface area (Å²) in [4.78, 5) is 144. The van der Waals surface area contributed by atoms with Crippen LogP contribution in [0.15, 0.2) is 30.5 Å². The van der Waals surface area contributed by atoms with Crippen LogP contribution in [0.4, 0.5) is 0 Å². The van der Waals surface area contributed by atoms with Gasteiger partial charge >= 0.3 is 5.97 Å². The third kappa shape index (κ3) is 31.1. The zero-order valence-corrected chi connectivity index (χ0v) is 57.3. The molecule has 0 spiro atoms. The first-order chi connectivity index (χ1) is 46.0. The largest absolute Gasteiger partial charge is 0.480 e. The number of guanidine groups is 5. The van der Waals surface area contributed by atoms with Crippen molar-refractivity contribution >= 4 is 99.8 Å². The summed E-state index contributed by atoms with van der Waals surface area (Å²) in [6.07, 6.45) is 1.77. The van der Waals surface area contributed by atoms with E-state index in [-0.39, 0.29) is 133 Å². The summed E-state index contributed by atoms with van der Waals surface area (Å²) in [5.41, 5.74) is 34.7. The number of hydrogen-bond donors (Lipinski definition) is 27. The molecule has 2 aromatic rings. The number of carbonyl (C=O) groups excluding carboxylic acids is 9. The number of nitrogens with one attached hydrogen (secondary N) is 20. The van der Waals surface area contributed by atoms with Crippen molar-refractivity contribution in [3.63, 3.8) is 0 Å². The molecule has 0 aliphatic carbocycles. The number of carbonyl (C=O) groups is 10. The molecule has 37 nitrogen and oxygen atoms in total. The quantitative estimate of drug-likeness (QED) is 0.0169. The molecular weight excluding hydrogens is 1270 g/mol. The molecule has 1 aromatic carbocycles. The number of fused-ring (bicyclic) bond motifs is 1. The average Bonchev–Trinajstić information content (AvgIpc) is 1.61. The zero-order valence-electron chi connectivity index (χ0n) is 57.3. The summed E-state index contributed by atoms with van der Waals surface area (Å²) in [6.45, 7) is 13.7. The van der Waals surface area contributed by atoms with Crippen molar-refractivity contribution in [2.24, 2.45) is 58.1 Å². The third-order valence-electron chi connectivity index (χ3n) is 15.6. The van der Waals surface area contributed by atoms with Crippen LogP contribution in [0.1, 0.15) is 125 Å². The molecule has 0 radical (unpaired) electrons. The van der Waals surface area contributed by atoms with Gasteiger partial charge in [-0.05, 0) is 99.5 Å². The number of aliphatic carboxylic acids is 1. The van der Waals surface area contributed by atoms with E-state index in [9.17, 15) is 53.1 Å². The monoisotopic (exact) mass is 1380 g/mol. The van der Waals surface area contributed by atoms with E-state index in [1.165, 1.54) is 0 Å². The maximum absolute atomic E-state index is 15.0. The molecule has 98 heavy (non-hydrogen) atoms. The second-order valence-corrected chi connectivity index (χ2v) is 25.1. The molecule has 9 amide bonds. The van der Waals surface area contributed by atoms with Crippen molar-refractivity contribution in [2.75, 3.05) is 32.7 Å². The van der Waals surface area contributed by atoms with Gasteiger partial charge in [0.1, 0.15) is 54.4 Å². The van der Waals surface area contributed by atoms with Gasteiger partial charge in [-0.1, -0.05) is 73.6 Å². The van der Waals surface area contributed by atoms with Crippen molar-refractivity contribution < 1.29 is 53.1 Å². The Hall–Kier alpha value is -10.2. The third-order valence-corrected chi connectivity index (χ3v) is 15.6. The number of benzene rings is 1. The van der Waals surface area contributed by atoms with Crippen LogP contribution in [-0.2, 0) is 54.4 Å². The summed E-state index contributed by atoms with van der Waals surface area (Å²) < 4.78 is 0. The van der Waals surface area contributed by atoms with Gasteiger partial charge in [-0.15, -0.1) is 0 Å². The molecule has 0 bridgehead atoms. The van der Waals surface area contributed by atoms with E-state index in [4.69, 9.17) is 61.4 Å². The van der Waals surface area contributed by atoms with E-state index < -0.39 is 143 Å². The predicted octanol–water partition coefficient (Wildman–Crippen LogP) is -4.57. The minimum absolute atomic E-state index is 0.0336. The number of rotatable bonds is 45. The van der Waals surface area contributed by atoms with Crippen molar-refractivity contribution in [3.05, 3.63) is 36.0 Å². The normalized spacial score (nSPS) is 14.2. The van der Waals surface area contributed by atoms with Crippen molar-refractivity contribution in [3.8, 4) is 0 Å². The number of carboxylic acids is 1. The van der Waals surface area contributed by atoms with Gasteiger partial charge in [0.05, 0.1) is 6.04 Å². The molecule has 548 valence electrons. The molecule has 33 N–H and O–H groups in total. The summed E-state index contributed by atoms with van der Waals surface area (Å²) >= 11 is 0. The first-order valence-electron chi connectivity index (χ1n) is 32.7. The van der Waals surface area contributed by atoms with Gasteiger partial charge in [0.25, 0.3) is 0 Å². The fraction of sp³-hybridized carbons (Fsp3) is 0.623. The number of amides is 9. The number of aromatic nitrogens is 1. The first-order valence-corrected chi connectivity index (χ1v) is 32.7. The number of para-hydroxylation sites is 1. The fourth-order valence-corrected chi connectivity index (χ4v) is 9.97. The van der Waals surface area contributed by atoms with E-state index in [0.29, 0.717) is 16.5 Å². The Balaban J connectivity index is 2.65. The Labute approximate surface area is 570 Å². The molecular formula is C61H108N26O11. The van der Waals surface area contributed by atoms with Crippen LogP contribution in [-0.4, -0.2) is 192 Å². The summed E-state index contributed by atoms with van der Waals surface area (Å²) in [7, 11) is 0. The lowest BCUT2D eigenvalue weighted by Gasteiger charge is -2.30. The van der Waals surface area contributed by atoms with Crippen molar-refractivity contribution in [1.29, 1.82) is 27.0 Å². The molecule has 2 rings (SSSR count). The van der Waals surface area contributed by atoms with Crippen LogP contribution in [0.25, 0.3) is 10.9 Å². The zero-order chi connectivity index (χ0) is 73.9. The molecule has 37 heteroatoms. The minimum Gasteiger partial charge on any atom is -0.480 e. The van der Waals surface area contributed by atoms with Crippen LogP contribution in [0.5, 0.6) is 0 Å². The SMILES string of the molecule is CC(C)[C@H](N)C(=O)N[C@@H](CCCNC(=N)N)C(=O)N[C@H](C(=O)N[C@H](C(=O)N[C@@H](CCCNC(=N)N)C(=O)N[C@@H](CCCNC(=N)N)C(=O)N[C@@H](Cc1c[nH]c2ccccc12)C(=O)N[C@H](C(=O)N[C@@H](CCCNC(=N)N)C(=O)N[C@@H](CCCNC(=N)N)C(=O)O)C(C)C)C(C)C)C(C)C. The maximum Gasteiger partial charge on any atom is 0.326 e. The number of nitrogens with two attached hydrogens (primary N) is 6. The van der Waals surface area contributed by atoms with E-state index in [2.05, 4.69) is 79.4 Å². The van der Waals surface area contributed by atoms with Crippen LogP contribution in [0, 0.1) is 50.7 Å². The molecule has 10 atom stereocenters. The van der Waals surface area contributed by atoms with Crippen LogP contribution < -0.4 is 109 Å². The molecule has 0 saturated carbocycles. The fourth-order valence-electron chi connectivity index (χ4n) is 9.97. The Kier molecular flexibility index (Phi) is 36.8. The molecule has 0 unspecified atom stereocenters. The number of carboxylic acid groups (broad SMARTS) is 1. The predicted molar refractivity (Wildman–Crippen MR) is 370 cm³/mol. The van der Waals surface area contributed by atoms with Gasteiger partial charge in [0, 0.05) is 56.2 Å². The van der Waals surface area contributed by atoms with E-state index >= 15 is 0 Å². The van der Waals surface area contributed by atoms with Gasteiger partial charge in [-0.2, -0.15) is 0 Å². The van der Waals surface area contributed by atoms with Gasteiger partial charge in [0.15, 0.2) is 29.8 Å². The lowest BCUT2D eigenvalue weighted by atomic mass is 9.98. The lowest BCUT2D eigenvalue weighted by Crippen LogP contribution is -2.62. The minimum atomic E-state index is -1.51. The van der Waals surface area contributed by atoms with Gasteiger partial charge < -0.3 is 119 Å². The van der Waals surface area contributed by atoms with Gasteiger partial charge in [-0.25, -0.2) is 4.79 Å². The first kappa shape index (κ1) is 83.9. The lowest BCUT2D eigenvalue weighted by molar-refractivity contribution is -0.142. The van der Waals surface area contributed by atoms with E-state index in [0.717, 1.165) is 0 Å². The van der Waals surface area contributed by atoms with E-state index in [1.54, 1.807) is 85.9 Å². The highest BCUT2D eigenvalue weighted by molar-refractivity contribution is 5.99. The maximum atomic E-state index is 15.0. The van der Waals surface area contributed by atoms with Crippen molar-refractivity contribution in [1.82, 2.24) is 79.4 Å². The topological polar surface area (TPSA) is 651 Å². The second kappa shape index (κ2) is 43.0. The Bertz CT molecular complexity index is 3050. The second-order valence-electron chi connectivity index (χ2n) is 25.1. The number of H-pyrrole nitrogens is 1. The Morgan fingerprint density at radius 2 is 0.663 bits per heavy atom. The summed E-state index contributed by atoms with van der Waals surface area (Å²) in [5.74, 6) is -12.8. The van der Waals surface area contributed by atoms with Gasteiger partial charge in [-0.3, -0.25) is 70.2 Å². The molecule has 0 aliphatic heterocycles. The molecule has 1 heterocycles. The number of hydrogen-bond acceptors (Lipinski definition) is 16. The van der Waals surface area contributed by atoms with E-state index in [1.807, 2.05) is 0 Å². The highest BCUT2D eigenvalue weighted by atomic mass is 16.4. The smallest absolute Gasteiger partial charge is 0.326 e. The highest BCUT2D eigenvalue weighted by Crippen LogP contribution is 2.20. The van der Waals surface area contributed by atoms with Gasteiger partial charge in [0.2, 0.25) is 53.2 Å². The summed E-state index contributed by atoms with van der Waals surface area (Å²) in [6, 6.07) is -6.38. The Morgan fingerprint density at radius 3 is 1.00 bits per heavy atom. The highest BCUT2D eigenvalue weighted by Gasteiger charge is 2.38. The van der Waals surface area contributed by atoms with Crippen molar-refractivity contribution in [2.45, 2.75) is 186 Å². The molecule has 0 saturated heterocycles.